The van der Waals surface area contributed by atoms with Crippen molar-refractivity contribution in [2.75, 3.05) is 11.1 Å². The van der Waals surface area contributed by atoms with Gasteiger partial charge in [-0.2, -0.15) is 5.10 Å². The molecule has 1 amide bonds. The van der Waals surface area contributed by atoms with E-state index in [9.17, 15) is 9.59 Å². The van der Waals surface area contributed by atoms with E-state index in [2.05, 4.69) is 30.4 Å². The molecule has 5 rings (SSSR count). The largest absolute Gasteiger partial charge is 0.310 e. The molecule has 0 saturated heterocycles. The average molecular weight is 396 g/mol. The Balaban J connectivity index is 1.33. The lowest BCUT2D eigenvalue weighted by molar-refractivity contribution is -0.116. The normalized spacial score (nSPS) is 17.4. The lowest BCUT2D eigenvalue weighted by Gasteiger charge is -2.14. The van der Waals surface area contributed by atoms with Crippen LogP contribution < -0.4 is 10.9 Å². The molecule has 1 aliphatic heterocycles. The predicted octanol–water partition coefficient (Wildman–Crippen LogP) is 0.778. The smallest absolute Gasteiger partial charge is 0.257 e. The van der Waals surface area contributed by atoms with E-state index in [0.29, 0.717) is 17.4 Å². The summed E-state index contributed by atoms with van der Waals surface area (Å²) >= 11 is 1.53. The Morgan fingerprint density at radius 3 is 3.07 bits per heavy atom. The van der Waals surface area contributed by atoms with Crippen LogP contribution in [0.1, 0.15) is 30.1 Å². The van der Waals surface area contributed by atoms with Crippen molar-refractivity contribution in [2.24, 2.45) is 0 Å². The van der Waals surface area contributed by atoms with Gasteiger partial charge in [-0.15, -0.1) is 0 Å². The second kappa shape index (κ2) is 6.82. The maximum absolute atomic E-state index is 12.8. The summed E-state index contributed by atoms with van der Waals surface area (Å²) in [4.78, 5) is 42.1. The quantitative estimate of drug-likeness (QED) is 0.642. The van der Waals surface area contributed by atoms with Crippen LogP contribution in [0.25, 0.3) is 5.82 Å². The minimum absolute atomic E-state index is 0.0100. The summed E-state index contributed by atoms with van der Waals surface area (Å²) in [5.41, 5.74) is 1.75. The van der Waals surface area contributed by atoms with E-state index in [1.165, 1.54) is 35.4 Å². The molecule has 0 radical (unpaired) electrons. The molecule has 0 saturated carbocycles. The number of rotatable bonds is 4. The number of carbonyl (C=O) groups excluding carboxylic acids is 1. The van der Waals surface area contributed by atoms with Gasteiger partial charge in [-0.05, 0) is 19.3 Å². The predicted molar refractivity (Wildman–Crippen MR) is 100 cm³/mol. The van der Waals surface area contributed by atoms with E-state index in [0.717, 1.165) is 35.7 Å². The van der Waals surface area contributed by atoms with Gasteiger partial charge in [0.15, 0.2) is 11.0 Å². The van der Waals surface area contributed by atoms with Crippen LogP contribution in [0.2, 0.25) is 0 Å². The molecule has 1 unspecified atom stereocenters. The highest BCUT2D eigenvalue weighted by molar-refractivity contribution is 7.99. The third kappa shape index (κ3) is 2.97. The third-order valence-electron chi connectivity index (χ3n) is 4.87. The van der Waals surface area contributed by atoms with Crippen molar-refractivity contribution >= 4 is 23.5 Å². The number of nitrogens with one attached hydrogen (secondary N) is 1. The van der Waals surface area contributed by atoms with Gasteiger partial charge in [-0.1, -0.05) is 11.8 Å². The molecule has 1 aliphatic carbocycles. The van der Waals surface area contributed by atoms with Crippen molar-refractivity contribution in [2.45, 2.75) is 36.9 Å². The molecule has 1 atom stereocenters. The summed E-state index contributed by atoms with van der Waals surface area (Å²) in [6, 6.07) is 1.41. The molecule has 3 aromatic heterocycles. The fraction of sp³-hybridized carbons (Fsp3) is 0.353. The summed E-state index contributed by atoms with van der Waals surface area (Å²) in [7, 11) is 0. The fourth-order valence-electron chi connectivity index (χ4n) is 3.58. The molecule has 3 aromatic rings. The van der Waals surface area contributed by atoms with Crippen LogP contribution in [0.3, 0.4) is 0 Å². The number of nitrogens with zero attached hydrogens (tertiary/aromatic N) is 7. The van der Waals surface area contributed by atoms with Gasteiger partial charge in [0.2, 0.25) is 5.91 Å². The van der Waals surface area contributed by atoms with E-state index >= 15 is 0 Å². The van der Waals surface area contributed by atoms with Gasteiger partial charge in [-0.3, -0.25) is 14.2 Å². The zero-order chi connectivity index (χ0) is 19.1. The van der Waals surface area contributed by atoms with Crippen molar-refractivity contribution in [1.29, 1.82) is 0 Å². The van der Waals surface area contributed by atoms with Crippen molar-refractivity contribution in [3.8, 4) is 5.82 Å². The Hall–Kier alpha value is -3.08. The molecule has 11 heteroatoms. The lowest BCUT2D eigenvalue weighted by Crippen LogP contribution is -2.30. The average Bonchev–Trinajstić information content (AvgIpc) is 3.43. The number of hydrogen-bond donors (Lipinski definition) is 1. The SMILES string of the molecule is O=C(CC1CSc2nc3c(c(=O)n21)CCC3)Nc1cc(-n2cncn2)ncn1. The molecular formula is C17H16N8O2S. The van der Waals surface area contributed by atoms with Crippen LogP contribution in [-0.4, -0.2) is 45.9 Å². The highest BCUT2D eigenvalue weighted by Crippen LogP contribution is 2.34. The topological polar surface area (TPSA) is 120 Å². The first-order valence-corrected chi connectivity index (χ1v) is 9.91. The van der Waals surface area contributed by atoms with Crippen LogP contribution in [0.15, 0.2) is 35.0 Å². The third-order valence-corrected chi connectivity index (χ3v) is 5.96. The standard InChI is InChI=1S/C17H16N8O2S/c26-15(23-13-5-14(20-8-19-13)24-9-18-7-21-24)4-10-6-28-17-22-12-3-1-2-11(12)16(27)25(10)17/h5,7-10H,1-4,6H2,(H,19,20,23,26). The summed E-state index contributed by atoms with van der Waals surface area (Å²) in [6.07, 6.45) is 7.06. The van der Waals surface area contributed by atoms with E-state index in [-0.39, 0.29) is 23.9 Å². The number of thioether (sulfide) groups is 1. The highest BCUT2D eigenvalue weighted by atomic mass is 32.2. The molecule has 2 aliphatic rings. The van der Waals surface area contributed by atoms with E-state index in [1.54, 1.807) is 10.6 Å². The van der Waals surface area contributed by atoms with Gasteiger partial charge >= 0.3 is 0 Å². The van der Waals surface area contributed by atoms with E-state index in [1.807, 2.05) is 0 Å². The van der Waals surface area contributed by atoms with Crippen molar-refractivity contribution in [3.63, 3.8) is 0 Å². The molecule has 4 heterocycles. The summed E-state index contributed by atoms with van der Waals surface area (Å²) in [6.45, 7) is 0. The number of anilines is 1. The zero-order valence-corrected chi connectivity index (χ0v) is 15.6. The second-order valence-corrected chi connectivity index (χ2v) is 7.65. The second-order valence-electron chi connectivity index (χ2n) is 6.67. The fourth-order valence-corrected chi connectivity index (χ4v) is 4.73. The number of aromatic nitrogens is 7. The zero-order valence-electron chi connectivity index (χ0n) is 14.8. The molecule has 0 aromatic carbocycles. The minimum Gasteiger partial charge on any atom is -0.310 e. The van der Waals surface area contributed by atoms with Gasteiger partial charge in [0, 0.05) is 23.8 Å². The first-order valence-electron chi connectivity index (χ1n) is 8.93. The molecule has 0 spiro atoms. The van der Waals surface area contributed by atoms with Crippen molar-refractivity contribution in [1.82, 2.24) is 34.3 Å². The summed E-state index contributed by atoms with van der Waals surface area (Å²) in [5, 5.41) is 7.51. The van der Waals surface area contributed by atoms with E-state index in [4.69, 9.17) is 0 Å². The van der Waals surface area contributed by atoms with Crippen LogP contribution in [0.5, 0.6) is 0 Å². The Kier molecular flexibility index (Phi) is 4.15. The number of fused-ring (bicyclic) bond motifs is 2. The molecule has 142 valence electrons. The minimum atomic E-state index is -0.214. The van der Waals surface area contributed by atoms with Crippen LogP contribution in [0, 0.1) is 0 Å². The first-order chi connectivity index (χ1) is 13.7. The number of carbonyl (C=O) groups is 1. The van der Waals surface area contributed by atoms with Crippen molar-refractivity contribution in [3.05, 3.63) is 46.7 Å². The van der Waals surface area contributed by atoms with Crippen LogP contribution in [0.4, 0.5) is 5.82 Å². The van der Waals surface area contributed by atoms with Crippen LogP contribution in [-0.2, 0) is 17.6 Å². The van der Waals surface area contributed by atoms with Gasteiger partial charge < -0.3 is 5.32 Å². The summed E-state index contributed by atoms with van der Waals surface area (Å²) < 4.78 is 3.17. The molecular weight excluding hydrogens is 380 g/mol. The Bertz CT molecular complexity index is 1110. The molecule has 10 nitrogen and oxygen atoms in total. The molecule has 1 N–H and O–H groups in total. The lowest BCUT2D eigenvalue weighted by atomic mass is 10.2. The number of hydrogen-bond acceptors (Lipinski definition) is 8. The maximum Gasteiger partial charge on any atom is 0.257 e. The Morgan fingerprint density at radius 2 is 2.21 bits per heavy atom. The molecule has 0 fully saturated rings. The van der Waals surface area contributed by atoms with Gasteiger partial charge in [0.1, 0.15) is 24.8 Å². The van der Waals surface area contributed by atoms with Crippen molar-refractivity contribution < 1.29 is 4.79 Å². The molecule has 28 heavy (non-hydrogen) atoms. The van der Waals surface area contributed by atoms with E-state index < -0.39 is 0 Å². The monoisotopic (exact) mass is 396 g/mol. The highest BCUT2D eigenvalue weighted by Gasteiger charge is 2.31. The summed E-state index contributed by atoms with van der Waals surface area (Å²) in [5.74, 6) is 1.32. The first kappa shape index (κ1) is 17.0. The number of aryl methyl sites for hydroxylation is 1. The molecule has 0 bridgehead atoms. The Morgan fingerprint density at radius 1 is 1.29 bits per heavy atom. The van der Waals surface area contributed by atoms with Crippen LogP contribution >= 0.6 is 11.8 Å². The van der Waals surface area contributed by atoms with Gasteiger partial charge in [-0.25, -0.2) is 24.6 Å². The van der Waals surface area contributed by atoms with Gasteiger partial charge in [0.05, 0.1) is 11.7 Å². The Labute approximate surface area is 163 Å². The number of amides is 1. The van der Waals surface area contributed by atoms with Gasteiger partial charge in [0.25, 0.3) is 5.56 Å². The maximum atomic E-state index is 12.8.